The minimum absolute atomic E-state index is 0.113. The normalized spacial score (nSPS) is 17.6. The SMILES string of the molecule is CC(=O)Nc1cccc(-n2c(C)nnc2SCC(=O)N(C2CCCCC2)C2CCCCC2)c1. The maximum absolute atomic E-state index is 13.5. The second kappa shape index (κ2) is 11.2. The monoisotopic (exact) mass is 469 g/mol. The smallest absolute Gasteiger partial charge is 0.233 e. The summed E-state index contributed by atoms with van der Waals surface area (Å²) in [5, 5.41) is 12.1. The van der Waals surface area contributed by atoms with E-state index in [4.69, 9.17) is 0 Å². The number of carbonyl (C=O) groups excluding carboxylic acids is 2. The Hall–Kier alpha value is -2.35. The molecule has 0 aliphatic heterocycles. The van der Waals surface area contributed by atoms with Crippen LogP contribution < -0.4 is 5.32 Å². The Morgan fingerprint density at radius 2 is 1.67 bits per heavy atom. The Morgan fingerprint density at radius 1 is 1.03 bits per heavy atom. The average molecular weight is 470 g/mol. The van der Waals surface area contributed by atoms with Crippen LogP contribution in [0.4, 0.5) is 5.69 Å². The first-order valence-corrected chi connectivity index (χ1v) is 13.3. The highest BCUT2D eigenvalue weighted by Crippen LogP contribution is 2.32. The molecule has 1 aromatic heterocycles. The Labute approximate surface area is 200 Å². The largest absolute Gasteiger partial charge is 0.336 e. The molecule has 0 bridgehead atoms. The zero-order chi connectivity index (χ0) is 23.2. The molecular formula is C25H35N5O2S. The summed E-state index contributed by atoms with van der Waals surface area (Å²) >= 11 is 1.46. The number of carbonyl (C=O) groups is 2. The third-order valence-electron chi connectivity index (χ3n) is 6.77. The van der Waals surface area contributed by atoms with Crippen molar-refractivity contribution in [2.75, 3.05) is 11.1 Å². The van der Waals surface area contributed by atoms with Crippen LogP contribution in [0.25, 0.3) is 5.69 Å². The summed E-state index contributed by atoms with van der Waals surface area (Å²) < 4.78 is 1.95. The van der Waals surface area contributed by atoms with Gasteiger partial charge >= 0.3 is 0 Å². The fraction of sp³-hybridized carbons (Fsp3) is 0.600. The van der Waals surface area contributed by atoms with E-state index in [2.05, 4.69) is 20.4 Å². The molecule has 1 N–H and O–H groups in total. The van der Waals surface area contributed by atoms with Crippen molar-refractivity contribution in [1.29, 1.82) is 0 Å². The summed E-state index contributed by atoms with van der Waals surface area (Å²) in [7, 11) is 0. The highest BCUT2D eigenvalue weighted by atomic mass is 32.2. The second-order valence-corrected chi connectivity index (χ2v) is 10.2. The summed E-state index contributed by atoms with van der Waals surface area (Å²) in [6.07, 6.45) is 12.0. The molecule has 7 nitrogen and oxygen atoms in total. The van der Waals surface area contributed by atoms with Crippen molar-refractivity contribution in [3.8, 4) is 5.69 Å². The molecule has 0 spiro atoms. The number of nitrogens with zero attached hydrogens (tertiary/aromatic N) is 4. The minimum Gasteiger partial charge on any atom is -0.336 e. The molecule has 2 amide bonds. The van der Waals surface area contributed by atoms with Crippen molar-refractivity contribution < 1.29 is 9.59 Å². The van der Waals surface area contributed by atoms with Gasteiger partial charge in [0.25, 0.3) is 0 Å². The topological polar surface area (TPSA) is 80.1 Å². The summed E-state index contributed by atoms with van der Waals surface area (Å²) in [4.78, 5) is 27.3. The van der Waals surface area contributed by atoms with Gasteiger partial charge in [0.15, 0.2) is 5.16 Å². The molecule has 4 rings (SSSR count). The van der Waals surface area contributed by atoms with Crippen LogP contribution in [0.1, 0.15) is 77.0 Å². The first-order valence-electron chi connectivity index (χ1n) is 12.3. The second-order valence-electron chi connectivity index (χ2n) is 9.27. The number of hydrogen-bond donors (Lipinski definition) is 1. The molecule has 1 heterocycles. The zero-order valence-corrected chi connectivity index (χ0v) is 20.6. The molecule has 2 fully saturated rings. The lowest BCUT2D eigenvalue weighted by molar-refractivity contribution is -0.135. The fourth-order valence-electron chi connectivity index (χ4n) is 5.28. The maximum atomic E-state index is 13.5. The van der Waals surface area contributed by atoms with E-state index in [1.807, 2.05) is 35.8 Å². The molecule has 2 aliphatic carbocycles. The van der Waals surface area contributed by atoms with Gasteiger partial charge in [-0.25, -0.2) is 0 Å². The van der Waals surface area contributed by atoms with Gasteiger partial charge in [-0.2, -0.15) is 0 Å². The van der Waals surface area contributed by atoms with Crippen molar-refractivity contribution in [3.05, 3.63) is 30.1 Å². The predicted octanol–water partition coefficient (Wildman–Crippen LogP) is 5.12. The molecule has 0 unspecified atom stereocenters. The molecule has 0 saturated heterocycles. The van der Waals surface area contributed by atoms with E-state index in [0.29, 0.717) is 23.0 Å². The summed E-state index contributed by atoms with van der Waals surface area (Å²) in [6.45, 7) is 3.40. The van der Waals surface area contributed by atoms with Gasteiger partial charge in [-0.15, -0.1) is 10.2 Å². The van der Waals surface area contributed by atoms with E-state index in [1.54, 1.807) is 0 Å². The van der Waals surface area contributed by atoms with Gasteiger partial charge in [0.1, 0.15) is 5.82 Å². The fourth-order valence-corrected chi connectivity index (χ4v) is 6.15. The standard InChI is InChI=1S/C25H35N5O2S/c1-18-27-28-25(29(18)23-15-9-10-20(16-23)26-19(2)31)33-17-24(32)30(21-11-5-3-6-12-21)22-13-7-4-8-14-22/h9-10,15-16,21-22H,3-8,11-14,17H2,1-2H3,(H,26,31). The third kappa shape index (κ3) is 5.96. The van der Waals surface area contributed by atoms with E-state index < -0.39 is 0 Å². The average Bonchev–Trinajstić information content (AvgIpc) is 3.19. The quantitative estimate of drug-likeness (QED) is 0.569. The van der Waals surface area contributed by atoms with Gasteiger partial charge in [-0.3, -0.25) is 14.2 Å². The van der Waals surface area contributed by atoms with Crippen molar-refractivity contribution in [1.82, 2.24) is 19.7 Å². The zero-order valence-electron chi connectivity index (χ0n) is 19.8. The minimum atomic E-state index is -0.113. The molecule has 0 atom stereocenters. The molecule has 33 heavy (non-hydrogen) atoms. The third-order valence-corrected chi connectivity index (χ3v) is 7.68. The van der Waals surface area contributed by atoms with Crippen LogP contribution in [0.3, 0.4) is 0 Å². The number of thioether (sulfide) groups is 1. The summed E-state index contributed by atoms with van der Waals surface area (Å²) in [5.41, 5.74) is 1.59. The van der Waals surface area contributed by atoms with Crippen LogP contribution in [0.5, 0.6) is 0 Å². The Balaban J connectivity index is 1.50. The first-order chi connectivity index (χ1) is 16.0. The van der Waals surface area contributed by atoms with Gasteiger partial charge < -0.3 is 10.2 Å². The number of anilines is 1. The summed E-state index contributed by atoms with van der Waals surface area (Å²) in [6, 6.07) is 8.40. The number of aromatic nitrogens is 3. The van der Waals surface area contributed by atoms with Crippen molar-refractivity contribution in [2.24, 2.45) is 0 Å². The highest BCUT2D eigenvalue weighted by molar-refractivity contribution is 7.99. The van der Waals surface area contributed by atoms with E-state index in [1.165, 1.54) is 57.2 Å². The summed E-state index contributed by atoms with van der Waals surface area (Å²) in [5.74, 6) is 1.24. The molecule has 2 aromatic rings. The lowest BCUT2D eigenvalue weighted by Crippen LogP contribution is -2.49. The Morgan fingerprint density at radius 3 is 2.27 bits per heavy atom. The molecule has 2 saturated carbocycles. The van der Waals surface area contributed by atoms with Crippen LogP contribution in [0, 0.1) is 6.92 Å². The maximum Gasteiger partial charge on any atom is 0.233 e. The van der Waals surface area contributed by atoms with Crippen LogP contribution in [0.15, 0.2) is 29.4 Å². The van der Waals surface area contributed by atoms with Crippen LogP contribution in [-0.2, 0) is 9.59 Å². The van der Waals surface area contributed by atoms with Crippen molar-refractivity contribution in [3.63, 3.8) is 0 Å². The van der Waals surface area contributed by atoms with E-state index in [0.717, 1.165) is 42.9 Å². The van der Waals surface area contributed by atoms with Crippen molar-refractivity contribution in [2.45, 2.75) is 95.3 Å². The molecule has 1 aromatic carbocycles. The lowest BCUT2D eigenvalue weighted by Gasteiger charge is -2.41. The first kappa shape index (κ1) is 23.8. The van der Waals surface area contributed by atoms with E-state index in [9.17, 15) is 9.59 Å². The number of amides is 2. The van der Waals surface area contributed by atoms with E-state index >= 15 is 0 Å². The number of benzene rings is 1. The highest BCUT2D eigenvalue weighted by Gasteiger charge is 2.32. The van der Waals surface area contributed by atoms with Gasteiger partial charge in [-0.05, 0) is 50.8 Å². The van der Waals surface area contributed by atoms with Crippen LogP contribution in [0.2, 0.25) is 0 Å². The number of nitrogens with one attached hydrogen (secondary N) is 1. The van der Waals surface area contributed by atoms with Gasteiger partial charge in [0.05, 0.1) is 11.4 Å². The van der Waals surface area contributed by atoms with Crippen molar-refractivity contribution >= 4 is 29.3 Å². The van der Waals surface area contributed by atoms with Gasteiger partial charge in [-0.1, -0.05) is 56.4 Å². The molecule has 178 valence electrons. The Bertz CT molecular complexity index is 945. The number of rotatable bonds is 7. The molecule has 8 heteroatoms. The molecular weight excluding hydrogens is 434 g/mol. The van der Waals surface area contributed by atoms with Gasteiger partial charge in [0, 0.05) is 24.7 Å². The molecule has 2 aliphatic rings. The predicted molar refractivity (Wildman–Crippen MR) is 132 cm³/mol. The van der Waals surface area contributed by atoms with E-state index in [-0.39, 0.29) is 11.8 Å². The lowest BCUT2D eigenvalue weighted by atomic mass is 9.88. The van der Waals surface area contributed by atoms with Crippen LogP contribution in [-0.4, -0.2) is 49.3 Å². The number of hydrogen-bond acceptors (Lipinski definition) is 5. The number of aryl methyl sites for hydroxylation is 1. The van der Waals surface area contributed by atoms with Crippen LogP contribution >= 0.6 is 11.8 Å². The molecule has 0 radical (unpaired) electrons. The van der Waals surface area contributed by atoms with Gasteiger partial charge in [0.2, 0.25) is 11.8 Å². The Kier molecular flexibility index (Phi) is 8.06.